The average Bonchev–Trinajstić information content (AvgIpc) is 2.55. The van der Waals surface area contributed by atoms with Crippen LogP contribution in [-0.4, -0.2) is 7.11 Å². The first-order valence-corrected chi connectivity index (χ1v) is 7.09. The first-order valence-electron chi connectivity index (χ1n) is 6.66. The number of rotatable bonds is 3. The minimum Gasteiger partial charge on any atom is -0.497 e. The van der Waals surface area contributed by atoms with E-state index in [0.717, 1.165) is 22.3 Å². The molecule has 0 aromatic heterocycles. The van der Waals surface area contributed by atoms with Crippen LogP contribution in [0.2, 0.25) is 0 Å². The highest BCUT2D eigenvalue weighted by molar-refractivity contribution is 6.23. The molecule has 0 spiro atoms. The van der Waals surface area contributed by atoms with Crippen molar-refractivity contribution in [3.8, 4) is 5.75 Å². The summed E-state index contributed by atoms with van der Waals surface area (Å²) < 4.78 is 19.1. The van der Waals surface area contributed by atoms with Crippen molar-refractivity contribution in [1.29, 1.82) is 0 Å². The molecule has 106 valence electrons. The van der Waals surface area contributed by atoms with Crippen LogP contribution in [0.3, 0.4) is 0 Å². The molecule has 0 heterocycles. The van der Waals surface area contributed by atoms with E-state index in [2.05, 4.69) is 0 Å². The maximum absolute atomic E-state index is 13.9. The van der Waals surface area contributed by atoms with Crippen molar-refractivity contribution in [2.75, 3.05) is 7.11 Å². The molecule has 3 aromatic rings. The van der Waals surface area contributed by atoms with Gasteiger partial charge in [-0.3, -0.25) is 0 Å². The lowest BCUT2D eigenvalue weighted by molar-refractivity contribution is 0.414. The lowest BCUT2D eigenvalue weighted by Crippen LogP contribution is -1.96. The zero-order valence-corrected chi connectivity index (χ0v) is 12.3. The fourth-order valence-electron chi connectivity index (χ4n) is 2.49. The Balaban J connectivity index is 2.13. The maximum atomic E-state index is 13.9. The summed E-state index contributed by atoms with van der Waals surface area (Å²) in [5, 5.41) is 1.06. The Bertz CT molecular complexity index is 785. The molecular weight excluding hydrogens is 287 g/mol. The van der Waals surface area contributed by atoms with Crippen molar-refractivity contribution in [3.05, 3.63) is 77.6 Å². The van der Waals surface area contributed by atoms with Crippen molar-refractivity contribution in [2.45, 2.75) is 5.38 Å². The molecule has 1 nitrogen and oxygen atoms in total. The summed E-state index contributed by atoms with van der Waals surface area (Å²) in [6, 6.07) is 18.2. The molecule has 0 fully saturated rings. The Labute approximate surface area is 127 Å². The molecule has 0 saturated carbocycles. The van der Waals surface area contributed by atoms with Crippen LogP contribution in [0.25, 0.3) is 10.8 Å². The highest BCUT2D eigenvalue weighted by Gasteiger charge is 2.15. The van der Waals surface area contributed by atoms with Crippen molar-refractivity contribution in [1.82, 2.24) is 0 Å². The lowest BCUT2D eigenvalue weighted by Gasteiger charge is -2.14. The molecule has 3 rings (SSSR count). The van der Waals surface area contributed by atoms with E-state index in [1.54, 1.807) is 19.2 Å². The molecule has 3 aromatic carbocycles. The minimum atomic E-state index is -0.356. The number of hydrogen-bond acceptors (Lipinski definition) is 1. The van der Waals surface area contributed by atoms with Gasteiger partial charge in [-0.1, -0.05) is 42.5 Å². The van der Waals surface area contributed by atoms with E-state index < -0.39 is 0 Å². The van der Waals surface area contributed by atoms with E-state index in [-0.39, 0.29) is 11.2 Å². The van der Waals surface area contributed by atoms with Crippen LogP contribution in [-0.2, 0) is 0 Å². The molecule has 3 heteroatoms. The summed E-state index contributed by atoms with van der Waals surface area (Å²) in [4.78, 5) is 0. The Morgan fingerprint density at radius 1 is 0.952 bits per heavy atom. The van der Waals surface area contributed by atoms with Crippen LogP contribution < -0.4 is 4.74 Å². The Morgan fingerprint density at radius 3 is 2.48 bits per heavy atom. The van der Waals surface area contributed by atoms with Gasteiger partial charge in [0.15, 0.2) is 0 Å². The van der Waals surface area contributed by atoms with Gasteiger partial charge in [0, 0.05) is 5.39 Å². The Morgan fingerprint density at radius 2 is 1.71 bits per heavy atom. The van der Waals surface area contributed by atoms with Gasteiger partial charge in [0.2, 0.25) is 0 Å². The summed E-state index contributed by atoms with van der Waals surface area (Å²) in [6.07, 6.45) is 0. The highest BCUT2D eigenvalue weighted by atomic mass is 35.5. The number of fused-ring (bicyclic) bond motifs is 1. The van der Waals surface area contributed by atoms with Gasteiger partial charge in [0.05, 0.1) is 12.5 Å². The van der Waals surface area contributed by atoms with Gasteiger partial charge >= 0.3 is 0 Å². The third-order valence-electron chi connectivity index (χ3n) is 3.56. The van der Waals surface area contributed by atoms with E-state index in [0.29, 0.717) is 5.39 Å². The first-order chi connectivity index (χ1) is 10.2. The summed E-state index contributed by atoms with van der Waals surface area (Å²) in [5.41, 5.74) is 1.81. The fourth-order valence-corrected chi connectivity index (χ4v) is 2.81. The molecule has 21 heavy (non-hydrogen) atoms. The Hall–Kier alpha value is -2.06. The molecule has 0 bridgehead atoms. The number of methoxy groups -OCH3 is 1. The van der Waals surface area contributed by atoms with Crippen molar-refractivity contribution < 1.29 is 9.13 Å². The SMILES string of the molecule is COc1cccc(C(Cl)c2ccc(F)c3ccccc23)c1. The molecule has 0 saturated heterocycles. The van der Waals surface area contributed by atoms with Crippen LogP contribution >= 0.6 is 11.6 Å². The van der Waals surface area contributed by atoms with Crippen molar-refractivity contribution >= 4 is 22.4 Å². The highest BCUT2D eigenvalue weighted by Crippen LogP contribution is 2.35. The predicted molar refractivity (Wildman–Crippen MR) is 84.6 cm³/mol. The summed E-state index contributed by atoms with van der Waals surface area (Å²) in [5.74, 6) is 0.522. The standard InChI is InChI=1S/C18H14ClFO/c1-21-13-6-4-5-12(11-13)18(19)16-9-10-17(20)15-8-3-2-7-14(15)16/h2-11,18H,1H3. The van der Waals surface area contributed by atoms with Gasteiger partial charge in [-0.05, 0) is 34.7 Å². The van der Waals surface area contributed by atoms with Gasteiger partial charge in [-0.15, -0.1) is 11.6 Å². The number of alkyl halides is 1. The largest absolute Gasteiger partial charge is 0.497 e. The normalized spacial score (nSPS) is 12.3. The maximum Gasteiger partial charge on any atom is 0.131 e. The molecule has 0 N–H and O–H groups in total. The van der Waals surface area contributed by atoms with Crippen LogP contribution in [0.15, 0.2) is 60.7 Å². The number of hydrogen-bond donors (Lipinski definition) is 0. The summed E-state index contributed by atoms with van der Waals surface area (Å²) >= 11 is 6.61. The molecule has 0 aliphatic carbocycles. The topological polar surface area (TPSA) is 9.23 Å². The summed E-state index contributed by atoms with van der Waals surface area (Å²) in [7, 11) is 1.62. The van der Waals surface area contributed by atoms with Gasteiger partial charge < -0.3 is 4.74 Å². The zero-order valence-electron chi connectivity index (χ0n) is 11.5. The zero-order chi connectivity index (χ0) is 14.8. The molecule has 0 aliphatic rings. The van der Waals surface area contributed by atoms with Gasteiger partial charge in [-0.25, -0.2) is 4.39 Å². The van der Waals surface area contributed by atoms with Gasteiger partial charge in [-0.2, -0.15) is 0 Å². The van der Waals surface area contributed by atoms with Gasteiger partial charge in [0.1, 0.15) is 11.6 Å². The van der Waals surface area contributed by atoms with Crippen molar-refractivity contribution in [2.24, 2.45) is 0 Å². The third kappa shape index (κ3) is 2.59. The fraction of sp³-hybridized carbons (Fsp3) is 0.111. The lowest BCUT2D eigenvalue weighted by atomic mass is 9.97. The quantitative estimate of drug-likeness (QED) is 0.595. The number of halogens is 2. The van der Waals surface area contributed by atoms with E-state index in [9.17, 15) is 4.39 Å². The van der Waals surface area contributed by atoms with Crippen LogP contribution in [0.5, 0.6) is 5.75 Å². The minimum absolute atomic E-state index is 0.233. The second kappa shape index (κ2) is 5.74. The van der Waals surface area contributed by atoms with E-state index in [1.165, 1.54) is 6.07 Å². The number of ether oxygens (including phenoxy) is 1. The van der Waals surface area contributed by atoms with Crippen LogP contribution in [0, 0.1) is 5.82 Å². The molecule has 0 amide bonds. The Kier molecular flexibility index (Phi) is 3.80. The number of benzene rings is 3. The smallest absolute Gasteiger partial charge is 0.131 e. The van der Waals surface area contributed by atoms with E-state index in [4.69, 9.17) is 16.3 Å². The third-order valence-corrected chi connectivity index (χ3v) is 4.05. The molecule has 1 atom stereocenters. The van der Waals surface area contributed by atoms with Crippen molar-refractivity contribution in [3.63, 3.8) is 0 Å². The molecular formula is C18H14ClFO. The van der Waals surface area contributed by atoms with E-state index in [1.807, 2.05) is 42.5 Å². The molecule has 0 radical (unpaired) electrons. The predicted octanol–water partition coefficient (Wildman–Crippen LogP) is 5.32. The summed E-state index contributed by atoms with van der Waals surface area (Å²) in [6.45, 7) is 0. The van der Waals surface area contributed by atoms with Crippen LogP contribution in [0.1, 0.15) is 16.5 Å². The molecule has 0 aliphatic heterocycles. The second-order valence-corrected chi connectivity index (χ2v) is 5.26. The monoisotopic (exact) mass is 300 g/mol. The van der Waals surface area contributed by atoms with E-state index >= 15 is 0 Å². The van der Waals surface area contributed by atoms with Gasteiger partial charge in [0.25, 0.3) is 0 Å². The first kappa shape index (κ1) is 13.9. The molecule has 1 unspecified atom stereocenters. The average molecular weight is 301 g/mol. The van der Waals surface area contributed by atoms with Crippen LogP contribution in [0.4, 0.5) is 4.39 Å². The second-order valence-electron chi connectivity index (χ2n) is 4.82.